The predicted octanol–water partition coefficient (Wildman–Crippen LogP) is 1.44. The molecule has 108 valence electrons. The van der Waals surface area contributed by atoms with Crippen LogP contribution in [0, 0.1) is 0 Å². The van der Waals surface area contributed by atoms with Crippen molar-refractivity contribution < 1.29 is 14.3 Å². The Bertz CT molecular complexity index is 503. The van der Waals surface area contributed by atoms with Crippen LogP contribution >= 0.6 is 0 Å². The summed E-state index contributed by atoms with van der Waals surface area (Å²) in [7, 11) is 1.48. The molecule has 1 atom stereocenters. The molecule has 1 aliphatic rings. The highest BCUT2D eigenvalue weighted by Crippen LogP contribution is 2.25. The van der Waals surface area contributed by atoms with Crippen molar-refractivity contribution in [2.75, 3.05) is 18.6 Å². The average molecular weight is 278 g/mol. The van der Waals surface area contributed by atoms with Gasteiger partial charge in [0.2, 0.25) is 5.88 Å². The molecule has 1 fully saturated rings. The van der Waals surface area contributed by atoms with E-state index in [4.69, 9.17) is 4.74 Å². The summed E-state index contributed by atoms with van der Waals surface area (Å²) < 4.78 is 4.92. The smallest absolute Gasteiger partial charge is 0.333 e. The van der Waals surface area contributed by atoms with Crippen LogP contribution in [-0.4, -0.2) is 46.7 Å². The molecule has 0 aliphatic carbocycles. The first kappa shape index (κ1) is 14.2. The second kappa shape index (κ2) is 5.85. The Balaban J connectivity index is 2.30. The second-order valence-corrected chi connectivity index (χ2v) is 4.51. The van der Waals surface area contributed by atoms with E-state index in [1.165, 1.54) is 7.11 Å². The SMILES string of the molecule is CCCN1C(=O)N(c2ccc(OC)nn2)C(=O)[C@H]1CC. The minimum absolute atomic E-state index is 0.234. The molecule has 0 bridgehead atoms. The number of imide groups is 1. The van der Waals surface area contributed by atoms with Crippen molar-refractivity contribution in [2.24, 2.45) is 0 Å². The van der Waals surface area contributed by atoms with Gasteiger partial charge in [0, 0.05) is 12.6 Å². The summed E-state index contributed by atoms with van der Waals surface area (Å²) in [4.78, 5) is 27.4. The van der Waals surface area contributed by atoms with Gasteiger partial charge in [-0.15, -0.1) is 10.2 Å². The Hall–Kier alpha value is -2.18. The molecule has 0 unspecified atom stereocenters. The molecule has 1 saturated heterocycles. The number of rotatable bonds is 5. The third kappa shape index (κ3) is 2.31. The zero-order valence-electron chi connectivity index (χ0n) is 11.9. The first-order valence-electron chi connectivity index (χ1n) is 6.66. The average Bonchev–Trinajstić information content (AvgIpc) is 2.70. The van der Waals surface area contributed by atoms with Crippen LogP contribution in [0.4, 0.5) is 10.6 Å². The van der Waals surface area contributed by atoms with Gasteiger partial charge in [0.25, 0.3) is 5.91 Å². The van der Waals surface area contributed by atoms with E-state index in [9.17, 15) is 9.59 Å². The van der Waals surface area contributed by atoms with Gasteiger partial charge in [-0.25, -0.2) is 9.69 Å². The molecule has 0 radical (unpaired) electrons. The fourth-order valence-corrected chi connectivity index (χ4v) is 2.28. The van der Waals surface area contributed by atoms with Gasteiger partial charge >= 0.3 is 6.03 Å². The number of urea groups is 1. The number of hydrogen-bond acceptors (Lipinski definition) is 5. The zero-order chi connectivity index (χ0) is 14.7. The van der Waals surface area contributed by atoms with Crippen LogP contribution in [-0.2, 0) is 4.79 Å². The normalized spacial score (nSPS) is 18.9. The molecule has 7 nitrogen and oxygen atoms in total. The van der Waals surface area contributed by atoms with Gasteiger partial charge < -0.3 is 9.64 Å². The van der Waals surface area contributed by atoms with Crippen LogP contribution in [0.3, 0.4) is 0 Å². The molecular formula is C13H18N4O3. The third-order valence-electron chi connectivity index (χ3n) is 3.23. The highest BCUT2D eigenvalue weighted by Gasteiger charge is 2.45. The number of hydrogen-bond donors (Lipinski definition) is 0. The number of aromatic nitrogens is 2. The maximum atomic E-state index is 12.4. The summed E-state index contributed by atoms with van der Waals surface area (Å²) in [6, 6.07) is 2.39. The largest absolute Gasteiger partial charge is 0.480 e. The molecule has 3 amide bonds. The summed E-state index contributed by atoms with van der Waals surface area (Å²) in [5.41, 5.74) is 0. The Morgan fingerprint density at radius 1 is 1.25 bits per heavy atom. The maximum absolute atomic E-state index is 12.4. The lowest BCUT2D eigenvalue weighted by molar-refractivity contribution is -0.119. The fourth-order valence-electron chi connectivity index (χ4n) is 2.28. The number of ether oxygens (including phenoxy) is 1. The van der Waals surface area contributed by atoms with E-state index in [1.807, 2.05) is 13.8 Å². The van der Waals surface area contributed by atoms with Crippen molar-refractivity contribution in [1.82, 2.24) is 15.1 Å². The van der Waals surface area contributed by atoms with Gasteiger partial charge in [-0.05, 0) is 18.9 Å². The summed E-state index contributed by atoms with van der Waals surface area (Å²) in [5.74, 6) is 0.327. The Morgan fingerprint density at radius 2 is 2.00 bits per heavy atom. The van der Waals surface area contributed by atoms with E-state index in [0.29, 0.717) is 18.8 Å². The zero-order valence-corrected chi connectivity index (χ0v) is 11.9. The molecule has 2 heterocycles. The van der Waals surface area contributed by atoms with Crippen LogP contribution in [0.2, 0.25) is 0 Å². The fraction of sp³-hybridized carbons (Fsp3) is 0.538. The van der Waals surface area contributed by atoms with Gasteiger partial charge in [0.05, 0.1) is 7.11 Å². The lowest BCUT2D eigenvalue weighted by atomic mass is 10.2. The standard InChI is InChI=1S/C13H18N4O3/c1-4-8-16-9(5-2)12(18)17(13(16)19)10-6-7-11(20-3)15-14-10/h6-7,9H,4-5,8H2,1-3H3/t9-/m1/s1. The van der Waals surface area contributed by atoms with E-state index in [0.717, 1.165) is 11.3 Å². The number of nitrogens with zero attached hydrogens (tertiary/aromatic N) is 4. The van der Waals surface area contributed by atoms with E-state index in [-0.39, 0.29) is 17.8 Å². The van der Waals surface area contributed by atoms with Crippen LogP contribution in [0.5, 0.6) is 5.88 Å². The molecule has 0 aromatic carbocycles. The minimum atomic E-state index is -0.411. The molecule has 1 aromatic rings. The highest BCUT2D eigenvalue weighted by atomic mass is 16.5. The molecule has 0 N–H and O–H groups in total. The Labute approximate surface area is 117 Å². The van der Waals surface area contributed by atoms with Crippen LogP contribution < -0.4 is 9.64 Å². The topological polar surface area (TPSA) is 75.6 Å². The molecular weight excluding hydrogens is 260 g/mol. The first-order valence-corrected chi connectivity index (χ1v) is 6.66. The summed E-state index contributed by atoms with van der Waals surface area (Å²) in [6.07, 6.45) is 1.39. The number of methoxy groups -OCH3 is 1. The number of anilines is 1. The molecule has 1 aliphatic heterocycles. The highest BCUT2D eigenvalue weighted by molar-refractivity contribution is 6.20. The maximum Gasteiger partial charge on any atom is 0.333 e. The van der Waals surface area contributed by atoms with Crippen LogP contribution in [0.15, 0.2) is 12.1 Å². The molecule has 7 heteroatoms. The number of carbonyl (C=O) groups excluding carboxylic acids is 2. The van der Waals surface area contributed by atoms with E-state index in [1.54, 1.807) is 17.0 Å². The number of amides is 3. The Morgan fingerprint density at radius 3 is 2.50 bits per heavy atom. The predicted molar refractivity (Wildman–Crippen MR) is 72.5 cm³/mol. The lowest BCUT2D eigenvalue weighted by Crippen LogP contribution is -2.35. The van der Waals surface area contributed by atoms with Gasteiger partial charge in [0.15, 0.2) is 5.82 Å². The van der Waals surface area contributed by atoms with Crippen molar-refractivity contribution in [3.63, 3.8) is 0 Å². The van der Waals surface area contributed by atoms with Crippen LogP contribution in [0.25, 0.3) is 0 Å². The second-order valence-electron chi connectivity index (χ2n) is 4.51. The molecule has 0 spiro atoms. The van der Waals surface area contributed by atoms with Crippen molar-refractivity contribution in [1.29, 1.82) is 0 Å². The van der Waals surface area contributed by atoms with E-state index in [2.05, 4.69) is 10.2 Å². The van der Waals surface area contributed by atoms with Crippen molar-refractivity contribution in [2.45, 2.75) is 32.7 Å². The summed E-state index contributed by atoms with van der Waals surface area (Å²) in [5, 5.41) is 7.67. The minimum Gasteiger partial charge on any atom is -0.480 e. The lowest BCUT2D eigenvalue weighted by Gasteiger charge is -2.19. The van der Waals surface area contributed by atoms with Crippen molar-refractivity contribution in [3.05, 3.63) is 12.1 Å². The van der Waals surface area contributed by atoms with Crippen molar-refractivity contribution >= 4 is 17.8 Å². The van der Waals surface area contributed by atoms with Gasteiger partial charge in [-0.3, -0.25) is 4.79 Å². The summed E-state index contributed by atoms with van der Waals surface area (Å²) in [6.45, 7) is 4.42. The molecule has 2 rings (SSSR count). The molecule has 20 heavy (non-hydrogen) atoms. The monoisotopic (exact) mass is 278 g/mol. The number of carbonyl (C=O) groups is 2. The van der Waals surface area contributed by atoms with E-state index < -0.39 is 6.04 Å². The van der Waals surface area contributed by atoms with Gasteiger partial charge in [-0.1, -0.05) is 13.8 Å². The van der Waals surface area contributed by atoms with Crippen molar-refractivity contribution in [3.8, 4) is 5.88 Å². The summed E-state index contributed by atoms with van der Waals surface area (Å²) >= 11 is 0. The molecule has 1 aromatic heterocycles. The van der Waals surface area contributed by atoms with E-state index >= 15 is 0 Å². The van der Waals surface area contributed by atoms with Gasteiger partial charge in [-0.2, -0.15) is 0 Å². The third-order valence-corrected chi connectivity index (χ3v) is 3.23. The quantitative estimate of drug-likeness (QED) is 0.762. The molecule has 0 saturated carbocycles. The first-order chi connectivity index (χ1) is 9.63. The van der Waals surface area contributed by atoms with Crippen LogP contribution in [0.1, 0.15) is 26.7 Å². The Kier molecular flexibility index (Phi) is 4.16. The van der Waals surface area contributed by atoms with Gasteiger partial charge in [0.1, 0.15) is 6.04 Å².